The molecule has 0 aliphatic heterocycles. The van der Waals surface area contributed by atoms with E-state index in [0.29, 0.717) is 0 Å². The van der Waals surface area contributed by atoms with E-state index in [4.69, 9.17) is 15.3 Å². The van der Waals surface area contributed by atoms with Crippen molar-refractivity contribution in [3.8, 4) is 0 Å². The maximum absolute atomic E-state index is 8.06. The van der Waals surface area contributed by atoms with Crippen molar-refractivity contribution < 1.29 is 39.4 Å². The second-order valence-corrected chi connectivity index (χ2v) is 3.28. The van der Waals surface area contributed by atoms with Crippen molar-refractivity contribution in [1.29, 1.82) is 0 Å². The molecule has 4 nitrogen and oxygen atoms in total. The summed E-state index contributed by atoms with van der Waals surface area (Å²) in [4.78, 5) is 0. The van der Waals surface area contributed by atoms with Crippen LogP contribution in [0.1, 0.15) is 41.5 Å². The Morgan fingerprint density at radius 3 is 0.571 bits per heavy atom. The number of hydrogen-bond acceptors (Lipinski definition) is 3. The number of aliphatic hydroxyl groups is 3. The van der Waals surface area contributed by atoms with Crippen molar-refractivity contribution >= 4 is 0 Å². The summed E-state index contributed by atoms with van der Waals surface area (Å²) in [5.41, 5.74) is 0. The molecule has 0 fully saturated rings. The first-order chi connectivity index (χ1) is 5.20. The van der Waals surface area contributed by atoms with Crippen LogP contribution in [0, 0.1) is 0 Å². The summed E-state index contributed by atoms with van der Waals surface area (Å²) in [5.74, 6) is 0. The van der Waals surface area contributed by atoms with Crippen LogP contribution in [0.2, 0.25) is 0 Å². The van der Waals surface area contributed by atoms with Gasteiger partial charge in [-0.15, -0.1) is 0 Å². The normalized spacial score (nSPS) is 7.71. The van der Waals surface area contributed by atoms with Crippen molar-refractivity contribution in [1.82, 2.24) is 0 Å². The molecule has 3 N–H and O–H groups in total. The Hall–Kier alpha value is 0.424. The second-order valence-electron chi connectivity index (χ2n) is 3.28. The van der Waals surface area contributed by atoms with Gasteiger partial charge in [-0.05, 0) is 41.5 Å². The predicted molar refractivity (Wildman–Crippen MR) is 52.8 cm³/mol. The fourth-order valence-electron chi connectivity index (χ4n) is 0. The Morgan fingerprint density at radius 2 is 0.571 bits per heavy atom. The third kappa shape index (κ3) is 9000. The quantitative estimate of drug-likeness (QED) is 0.597. The number of rotatable bonds is 0. The van der Waals surface area contributed by atoms with Gasteiger partial charge in [0.05, 0.1) is 0 Å². The Morgan fingerprint density at radius 1 is 0.571 bits per heavy atom. The van der Waals surface area contributed by atoms with Crippen LogP contribution >= 0.6 is 0 Å². The largest absolute Gasteiger partial charge is 2.00 e. The SMILES string of the molecule is CC(C)O.CC(C)O.CC(C)O.[O-2].[V+2]. The topological polar surface area (TPSA) is 89.2 Å². The van der Waals surface area contributed by atoms with Gasteiger partial charge in [0.1, 0.15) is 0 Å². The molecule has 0 spiro atoms. The maximum Gasteiger partial charge on any atom is 2.00 e. The van der Waals surface area contributed by atoms with Gasteiger partial charge in [-0.3, -0.25) is 0 Å². The van der Waals surface area contributed by atoms with Gasteiger partial charge >= 0.3 is 18.6 Å². The molecule has 0 aliphatic rings. The molecule has 1 radical (unpaired) electrons. The summed E-state index contributed by atoms with van der Waals surface area (Å²) in [6.45, 7) is 10.3. The van der Waals surface area contributed by atoms with Crippen LogP contribution in [0.5, 0.6) is 0 Å². The Labute approximate surface area is 99.5 Å². The zero-order valence-corrected chi connectivity index (χ0v) is 11.3. The minimum atomic E-state index is -0.167. The molecular formula is C9H24O4V. The van der Waals surface area contributed by atoms with Crippen molar-refractivity contribution in [3.63, 3.8) is 0 Å². The molecule has 0 unspecified atom stereocenters. The van der Waals surface area contributed by atoms with E-state index in [0.717, 1.165) is 0 Å². The fraction of sp³-hybridized carbons (Fsp3) is 1.00. The Bertz CT molecular complexity index is 45.3. The van der Waals surface area contributed by atoms with E-state index >= 15 is 0 Å². The van der Waals surface area contributed by atoms with Crippen LogP contribution in [-0.2, 0) is 24.0 Å². The molecule has 0 rings (SSSR count). The molecule has 0 saturated carbocycles. The third-order valence-corrected chi connectivity index (χ3v) is 0. The first kappa shape index (κ1) is 29.3. The van der Waals surface area contributed by atoms with Gasteiger partial charge in [0, 0.05) is 18.3 Å². The number of aliphatic hydroxyl groups excluding tert-OH is 3. The van der Waals surface area contributed by atoms with Gasteiger partial charge < -0.3 is 20.8 Å². The van der Waals surface area contributed by atoms with Gasteiger partial charge in [0.15, 0.2) is 0 Å². The summed E-state index contributed by atoms with van der Waals surface area (Å²) < 4.78 is 0. The smallest absolute Gasteiger partial charge is 2.00 e. The van der Waals surface area contributed by atoms with E-state index in [1.54, 1.807) is 41.5 Å². The average Bonchev–Trinajstić information content (AvgIpc) is 1.54. The second kappa shape index (κ2) is 23.3. The maximum atomic E-state index is 8.06. The van der Waals surface area contributed by atoms with Crippen LogP contribution in [0.15, 0.2) is 0 Å². The molecule has 0 atom stereocenters. The molecule has 0 saturated heterocycles. The molecule has 0 aromatic rings. The Kier molecular flexibility index (Phi) is 48.8. The van der Waals surface area contributed by atoms with Crippen molar-refractivity contribution in [2.24, 2.45) is 0 Å². The number of hydrogen-bond donors (Lipinski definition) is 3. The van der Waals surface area contributed by atoms with Crippen LogP contribution in [0.3, 0.4) is 0 Å². The van der Waals surface area contributed by atoms with Crippen LogP contribution in [-0.4, -0.2) is 33.6 Å². The van der Waals surface area contributed by atoms with E-state index in [1.807, 2.05) is 0 Å². The molecule has 0 amide bonds. The van der Waals surface area contributed by atoms with Gasteiger partial charge in [-0.25, -0.2) is 0 Å². The monoisotopic (exact) mass is 247 g/mol. The summed E-state index contributed by atoms with van der Waals surface area (Å²) in [7, 11) is 0. The summed E-state index contributed by atoms with van der Waals surface area (Å²) >= 11 is 0. The average molecular weight is 247 g/mol. The molecule has 0 aromatic heterocycles. The van der Waals surface area contributed by atoms with E-state index in [-0.39, 0.29) is 42.3 Å². The van der Waals surface area contributed by atoms with Gasteiger partial charge in [-0.1, -0.05) is 0 Å². The summed E-state index contributed by atoms with van der Waals surface area (Å²) in [5, 5.41) is 24.2. The molecule has 14 heavy (non-hydrogen) atoms. The molecule has 0 bridgehead atoms. The summed E-state index contributed by atoms with van der Waals surface area (Å²) in [6, 6.07) is 0. The minimum Gasteiger partial charge on any atom is -2.00 e. The zero-order chi connectivity index (χ0) is 10.7. The standard InChI is InChI=1S/3C3H8O.O.V/c3*1-3(2)4;;/h3*3-4H,1-2H3;;/q;;;-2;+2. The predicted octanol–water partition coefficient (Wildman–Crippen LogP) is 1.04. The van der Waals surface area contributed by atoms with Crippen LogP contribution < -0.4 is 0 Å². The first-order valence-corrected chi connectivity index (χ1v) is 4.24. The van der Waals surface area contributed by atoms with Crippen molar-refractivity contribution in [2.45, 2.75) is 59.9 Å². The molecule has 89 valence electrons. The summed E-state index contributed by atoms with van der Waals surface area (Å²) in [6.07, 6.45) is -0.500. The van der Waals surface area contributed by atoms with E-state index < -0.39 is 0 Å². The molecule has 0 aliphatic carbocycles. The third-order valence-electron chi connectivity index (χ3n) is 0. The van der Waals surface area contributed by atoms with Gasteiger partial charge in [0.25, 0.3) is 0 Å². The van der Waals surface area contributed by atoms with Crippen molar-refractivity contribution in [2.75, 3.05) is 0 Å². The zero-order valence-electron chi connectivity index (χ0n) is 9.93. The minimum absolute atomic E-state index is 0. The van der Waals surface area contributed by atoms with Crippen LogP contribution in [0.4, 0.5) is 0 Å². The van der Waals surface area contributed by atoms with E-state index in [1.165, 1.54) is 0 Å². The molecule has 5 heteroatoms. The van der Waals surface area contributed by atoms with E-state index in [9.17, 15) is 0 Å². The van der Waals surface area contributed by atoms with Gasteiger partial charge in [0.2, 0.25) is 0 Å². The van der Waals surface area contributed by atoms with E-state index in [2.05, 4.69) is 0 Å². The molecular weight excluding hydrogens is 223 g/mol. The van der Waals surface area contributed by atoms with Gasteiger partial charge in [-0.2, -0.15) is 0 Å². The Balaban J connectivity index is -0.0000000270. The van der Waals surface area contributed by atoms with Crippen LogP contribution in [0.25, 0.3) is 0 Å². The van der Waals surface area contributed by atoms with Crippen molar-refractivity contribution in [3.05, 3.63) is 0 Å². The molecule has 0 aromatic carbocycles. The fourth-order valence-corrected chi connectivity index (χ4v) is 0. The molecule has 0 heterocycles. The first-order valence-electron chi connectivity index (χ1n) is 4.24.